The van der Waals surface area contributed by atoms with E-state index >= 15 is 0 Å². The van der Waals surface area contributed by atoms with E-state index in [1.54, 1.807) is 0 Å². The molecule has 0 bridgehead atoms. The van der Waals surface area contributed by atoms with Gasteiger partial charge in [-0.2, -0.15) is 5.26 Å². The Hall–Kier alpha value is -2.02. The third-order valence-electron chi connectivity index (χ3n) is 2.50. The van der Waals surface area contributed by atoms with Crippen molar-refractivity contribution in [2.45, 2.75) is 13.8 Å². The van der Waals surface area contributed by atoms with Gasteiger partial charge in [-0.25, -0.2) is 0 Å². The summed E-state index contributed by atoms with van der Waals surface area (Å²) in [4.78, 5) is 11.6. The molecule has 1 aromatic carbocycles. The molecule has 4 heteroatoms. The van der Waals surface area contributed by atoms with E-state index in [1.807, 2.05) is 50.2 Å². The molecule has 0 aliphatic rings. The van der Waals surface area contributed by atoms with Crippen molar-refractivity contribution in [2.24, 2.45) is 11.8 Å². The van der Waals surface area contributed by atoms with Crippen molar-refractivity contribution in [1.29, 1.82) is 5.26 Å². The number of rotatable bonds is 6. The lowest BCUT2D eigenvalue weighted by atomic mass is 9.97. The molecule has 1 unspecified atom stereocenters. The first kappa shape index (κ1) is 14.0. The van der Waals surface area contributed by atoms with Crippen molar-refractivity contribution in [3.63, 3.8) is 0 Å². The molecule has 0 radical (unpaired) electrons. The van der Waals surface area contributed by atoms with Crippen LogP contribution in [0.5, 0.6) is 5.75 Å². The fraction of sp³-hybridized carbons (Fsp3) is 0.429. The van der Waals surface area contributed by atoms with E-state index in [0.717, 1.165) is 5.75 Å². The Morgan fingerprint density at radius 2 is 2.06 bits per heavy atom. The molecule has 1 rings (SSSR count). The fourth-order valence-electron chi connectivity index (χ4n) is 1.48. The number of amides is 1. The van der Waals surface area contributed by atoms with E-state index in [4.69, 9.17) is 10.00 Å². The molecule has 1 atom stereocenters. The maximum absolute atomic E-state index is 11.6. The summed E-state index contributed by atoms with van der Waals surface area (Å²) in [5.74, 6) is -0.0385. The number of carbonyl (C=O) groups excluding carboxylic acids is 1. The number of para-hydroxylation sites is 1. The number of carbonyl (C=O) groups is 1. The van der Waals surface area contributed by atoms with Crippen molar-refractivity contribution < 1.29 is 9.53 Å². The highest BCUT2D eigenvalue weighted by Crippen LogP contribution is 2.09. The standard InChI is InChI=1S/C14H18N2O2/c1-11(2)13(10-15)14(17)16-8-9-18-12-6-4-3-5-7-12/h3-7,11,13H,8-9H2,1-2H3,(H,16,17). The normalized spacial score (nSPS) is 11.7. The van der Waals surface area contributed by atoms with Crippen molar-refractivity contribution in [3.8, 4) is 11.8 Å². The Morgan fingerprint density at radius 1 is 1.39 bits per heavy atom. The molecular weight excluding hydrogens is 228 g/mol. The molecule has 0 heterocycles. The summed E-state index contributed by atoms with van der Waals surface area (Å²) < 4.78 is 5.43. The number of hydrogen-bond acceptors (Lipinski definition) is 3. The molecular formula is C14H18N2O2. The van der Waals surface area contributed by atoms with Gasteiger partial charge in [-0.3, -0.25) is 4.79 Å². The van der Waals surface area contributed by atoms with Gasteiger partial charge in [0.2, 0.25) is 5.91 Å². The fourth-order valence-corrected chi connectivity index (χ4v) is 1.48. The van der Waals surface area contributed by atoms with Crippen LogP contribution in [-0.2, 0) is 4.79 Å². The minimum Gasteiger partial charge on any atom is -0.492 e. The first-order valence-corrected chi connectivity index (χ1v) is 6.00. The molecule has 1 N–H and O–H groups in total. The second kappa shape index (κ2) is 7.33. The molecule has 1 aromatic rings. The Labute approximate surface area is 108 Å². The van der Waals surface area contributed by atoms with E-state index in [1.165, 1.54) is 0 Å². The summed E-state index contributed by atoms with van der Waals surface area (Å²) in [5.41, 5.74) is 0. The van der Waals surface area contributed by atoms with Gasteiger partial charge < -0.3 is 10.1 Å². The molecule has 18 heavy (non-hydrogen) atoms. The molecule has 0 aliphatic carbocycles. The van der Waals surface area contributed by atoms with Crippen LogP contribution >= 0.6 is 0 Å². The number of hydrogen-bond donors (Lipinski definition) is 1. The van der Waals surface area contributed by atoms with E-state index < -0.39 is 5.92 Å². The highest BCUT2D eigenvalue weighted by atomic mass is 16.5. The minimum atomic E-state index is -0.596. The summed E-state index contributed by atoms with van der Waals surface area (Å²) in [5, 5.41) is 11.6. The lowest BCUT2D eigenvalue weighted by molar-refractivity contribution is -0.124. The first-order chi connectivity index (χ1) is 8.65. The summed E-state index contributed by atoms with van der Waals surface area (Å²) in [6.07, 6.45) is 0. The summed E-state index contributed by atoms with van der Waals surface area (Å²) in [6, 6.07) is 11.4. The van der Waals surface area contributed by atoms with Gasteiger partial charge in [-0.15, -0.1) is 0 Å². The molecule has 0 aromatic heterocycles. The highest BCUT2D eigenvalue weighted by Gasteiger charge is 2.20. The second-order valence-electron chi connectivity index (χ2n) is 4.30. The summed E-state index contributed by atoms with van der Waals surface area (Å²) in [7, 11) is 0. The van der Waals surface area contributed by atoms with Gasteiger partial charge >= 0.3 is 0 Å². The number of ether oxygens (including phenoxy) is 1. The van der Waals surface area contributed by atoms with Gasteiger partial charge in [0, 0.05) is 0 Å². The van der Waals surface area contributed by atoms with Gasteiger partial charge in [-0.1, -0.05) is 32.0 Å². The Balaban J connectivity index is 2.26. The Kier molecular flexibility index (Phi) is 5.72. The van der Waals surface area contributed by atoms with Crippen LogP contribution in [0.15, 0.2) is 30.3 Å². The lowest BCUT2D eigenvalue weighted by Crippen LogP contribution is -2.35. The molecule has 0 aliphatic heterocycles. The zero-order valence-electron chi connectivity index (χ0n) is 10.7. The monoisotopic (exact) mass is 246 g/mol. The van der Waals surface area contributed by atoms with Crippen molar-refractivity contribution >= 4 is 5.91 Å². The maximum atomic E-state index is 11.6. The maximum Gasteiger partial charge on any atom is 0.237 e. The van der Waals surface area contributed by atoms with Crippen molar-refractivity contribution in [1.82, 2.24) is 5.32 Å². The molecule has 0 spiro atoms. The van der Waals surface area contributed by atoms with Crippen molar-refractivity contribution in [2.75, 3.05) is 13.2 Å². The first-order valence-electron chi connectivity index (χ1n) is 6.00. The zero-order valence-corrected chi connectivity index (χ0v) is 10.7. The highest BCUT2D eigenvalue weighted by molar-refractivity contribution is 5.81. The number of nitrogens with zero attached hydrogens (tertiary/aromatic N) is 1. The number of nitrogens with one attached hydrogen (secondary N) is 1. The SMILES string of the molecule is CC(C)C(C#N)C(=O)NCCOc1ccccc1. The molecule has 4 nitrogen and oxygen atoms in total. The van der Waals surface area contributed by atoms with Crippen LogP contribution in [0, 0.1) is 23.2 Å². The van der Waals surface area contributed by atoms with Crippen LogP contribution in [0.2, 0.25) is 0 Å². The quantitative estimate of drug-likeness (QED) is 0.781. The van der Waals surface area contributed by atoms with Gasteiger partial charge in [0.05, 0.1) is 12.6 Å². The van der Waals surface area contributed by atoms with Crippen LogP contribution in [0.4, 0.5) is 0 Å². The largest absolute Gasteiger partial charge is 0.492 e. The minimum absolute atomic E-state index is 0.0186. The summed E-state index contributed by atoms with van der Waals surface area (Å²) >= 11 is 0. The molecule has 0 saturated heterocycles. The van der Waals surface area contributed by atoms with Gasteiger partial charge in [0.1, 0.15) is 18.3 Å². The summed E-state index contributed by atoms with van der Waals surface area (Å²) in [6.45, 7) is 4.51. The second-order valence-corrected chi connectivity index (χ2v) is 4.30. The van der Waals surface area contributed by atoms with Crippen LogP contribution in [0.1, 0.15) is 13.8 Å². The molecule has 0 fully saturated rings. The topological polar surface area (TPSA) is 62.1 Å². The van der Waals surface area contributed by atoms with E-state index in [0.29, 0.717) is 13.2 Å². The average molecular weight is 246 g/mol. The third-order valence-corrected chi connectivity index (χ3v) is 2.50. The average Bonchev–Trinajstić information content (AvgIpc) is 2.36. The van der Waals surface area contributed by atoms with E-state index in [-0.39, 0.29) is 11.8 Å². The Morgan fingerprint density at radius 3 is 2.61 bits per heavy atom. The smallest absolute Gasteiger partial charge is 0.237 e. The molecule has 96 valence electrons. The Bertz CT molecular complexity index is 410. The third kappa shape index (κ3) is 4.46. The zero-order chi connectivity index (χ0) is 13.4. The van der Waals surface area contributed by atoms with Gasteiger partial charge in [-0.05, 0) is 18.1 Å². The number of nitriles is 1. The molecule has 1 amide bonds. The number of benzene rings is 1. The van der Waals surface area contributed by atoms with Gasteiger partial charge in [0.15, 0.2) is 0 Å². The molecule has 0 saturated carbocycles. The van der Waals surface area contributed by atoms with Crippen LogP contribution in [0.3, 0.4) is 0 Å². The van der Waals surface area contributed by atoms with Crippen LogP contribution in [0.25, 0.3) is 0 Å². The van der Waals surface area contributed by atoms with E-state index in [9.17, 15) is 4.79 Å². The lowest BCUT2D eigenvalue weighted by Gasteiger charge is -2.13. The van der Waals surface area contributed by atoms with Crippen molar-refractivity contribution in [3.05, 3.63) is 30.3 Å². The van der Waals surface area contributed by atoms with Crippen LogP contribution in [-0.4, -0.2) is 19.1 Å². The van der Waals surface area contributed by atoms with E-state index in [2.05, 4.69) is 5.32 Å². The predicted octanol–water partition coefficient (Wildman–Crippen LogP) is 1.98. The van der Waals surface area contributed by atoms with Gasteiger partial charge in [0.25, 0.3) is 0 Å². The predicted molar refractivity (Wildman–Crippen MR) is 68.9 cm³/mol. The van der Waals surface area contributed by atoms with Crippen LogP contribution < -0.4 is 10.1 Å².